The first-order valence-electron chi connectivity index (χ1n) is 3.76. The minimum absolute atomic E-state index is 0.117. The van der Waals surface area contributed by atoms with Crippen LogP contribution in [0.3, 0.4) is 0 Å². The first-order valence-corrected chi connectivity index (χ1v) is 3.76. The van der Waals surface area contributed by atoms with Crippen molar-refractivity contribution in [3.63, 3.8) is 0 Å². The average molecular weight is 171 g/mol. The van der Waals surface area contributed by atoms with Gasteiger partial charge in [-0.1, -0.05) is 24.3 Å². The quantitative estimate of drug-likeness (QED) is 0.736. The molecule has 0 amide bonds. The zero-order chi connectivity index (χ0) is 8.97. The monoisotopic (exact) mass is 171 g/mol. The molecule has 0 aromatic heterocycles. The Morgan fingerprint density at radius 3 is 2.58 bits per heavy atom. The van der Waals surface area contributed by atoms with E-state index in [2.05, 4.69) is 5.32 Å². The third-order valence-corrected chi connectivity index (χ3v) is 1.66. The Morgan fingerprint density at radius 2 is 2.00 bits per heavy atom. The molecule has 0 heterocycles. The largest absolute Gasteiger partial charge is 0.316 e. The van der Waals surface area contributed by atoms with Crippen LogP contribution in [0.2, 0.25) is 0 Å². The van der Waals surface area contributed by atoms with Gasteiger partial charge in [-0.25, -0.2) is 8.78 Å². The van der Waals surface area contributed by atoms with Crippen molar-refractivity contribution in [1.82, 2.24) is 5.32 Å². The number of rotatable bonds is 3. The van der Waals surface area contributed by atoms with Crippen molar-refractivity contribution >= 4 is 0 Å². The summed E-state index contributed by atoms with van der Waals surface area (Å²) in [5.74, 6) is 0. The highest BCUT2D eigenvalue weighted by Gasteiger charge is 2.10. The Bertz CT molecular complexity index is 248. The molecule has 0 aliphatic rings. The summed E-state index contributed by atoms with van der Waals surface area (Å²) >= 11 is 0. The predicted octanol–water partition coefficient (Wildman–Crippen LogP) is 2.34. The molecular weight excluding hydrogens is 160 g/mol. The summed E-state index contributed by atoms with van der Waals surface area (Å²) in [6.07, 6.45) is -2.38. The highest BCUT2D eigenvalue weighted by molar-refractivity contribution is 5.27. The van der Waals surface area contributed by atoms with E-state index in [1.165, 1.54) is 6.07 Å². The van der Waals surface area contributed by atoms with E-state index in [1.54, 1.807) is 25.2 Å². The van der Waals surface area contributed by atoms with Crippen LogP contribution >= 0.6 is 0 Å². The third kappa shape index (κ3) is 2.01. The zero-order valence-electron chi connectivity index (χ0n) is 6.85. The van der Waals surface area contributed by atoms with Crippen LogP contribution in [0.4, 0.5) is 8.78 Å². The molecule has 0 aliphatic heterocycles. The molecule has 1 N–H and O–H groups in total. The fourth-order valence-corrected chi connectivity index (χ4v) is 1.10. The number of halogens is 2. The second-order valence-electron chi connectivity index (χ2n) is 2.53. The zero-order valence-corrected chi connectivity index (χ0v) is 6.85. The molecule has 0 saturated carbocycles. The lowest BCUT2D eigenvalue weighted by molar-refractivity contribution is 0.150. The molecule has 0 fully saturated rings. The molecule has 0 spiro atoms. The van der Waals surface area contributed by atoms with E-state index < -0.39 is 6.43 Å². The van der Waals surface area contributed by atoms with Gasteiger partial charge in [0.25, 0.3) is 6.43 Å². The van der Waals surface area contributed by atoms with Crippen LogP contribution in [0.15, 0.2) is 24.3 Å². The molecule has 0 radical (unpaired) electrons. The summed E-state index contributed by atoms with van der Waals surface area (Å²) in [5, 5.41) is 2.85. The maximum absolute atomic E-state index is 12.3. The SMILES string of the molecule is CNCc1ccccc1C(F)F. The van der Waals surface area contributed by atoms with Gasteiger partial charge in [-0.15, -0.1) is 0 Å². The van der Waals surface area contributed by atoms with Gasteiger partial charge in [0.1, 0.15) is 0 Å². The van der Waals surface area contributed by atoms with Crippen molar-refractivity contribution in [2.24, 2.45) is 0 Å². The minimum Gasteiger partial charge on any atom is -0.316 e. The Morgan fingerprint density at radius 1 is 1.33 bits per heavy atom. The molecule has 0 atom stereocenters. The van der Waals surface area contributed by atoms with Crippen LogP contribution in [-0.2, 0) is 6.54 Å². The average Bonchev–Trinajstić information content (AvgIpc) is 2.05. The number of benzene rings is 1. The van der Waals surface area contributed by atoms with Crippen LogP contribution in [-0.4, -0.2) is 7.05 Å². The number of hydrogen-bond donors (Lipinski definition) is 1. The van der Waals surface area contributed by atoms with Crippen LogP contribution in [0.1, 0.15) is 17.6 Å². The summed E-state index contributed by atoms with van der Waals surface area (Å²) in [7, 11) is 1.74. The molecule has 0 saturated heterocycles. The Hall–Kier alpha value is -0.960. The summed E-state index contributed by atoms with van der Waals surface area (Å²) in [6.45, 7) is 0.487. The van der Waals surface area contributed by atoms with Crippen molar-refractivity contribution in [3.05, 3.63) is 35.4 Å². The standard InChI is InChI=1S/C9H11F2N/c1-12-6-7-4-2-3-5-8(7)9(10)11/h2-5,9,12H,6H2,1H3. The fourth-order valence-electron chi connectivity index (χ4n) is 1.10. The second-order valence-corrected chi connectivity index (χ2v) is 2.53. The Labute approximate surface area is 70.4 Å². The van der Waals surface area contributed by atoms with Crippen molar-refractivity contribution in [2.75, 3.05) is 7.05 Å². The van der Waals surface area contributed by atoms with Crippen LogP contribution in [0.25, 0.3) is 0 Å². The van der Waals surface area contributed by atoms with Crippen LogP contribution in [0, 0.1) is 0 Å². The van der Waals surface area contributed by atoms with Gasteiger partial charge in [0, 0.05) is 12.1 Å². The lowest BCUT2D eigenvalue weighted by Gasteiger charge is -2.06. The van der Waals surface area contributed by atoms with Crippen molar-refractivity contribution in [3.8, 4) is 0 Å². The van der Waals surface area contributed by atoms with Crippen molar-refractivity contribution < 1.29 is 8.78 Å². The van der Waals surface area contributed by atoms with E-state index in [-0.39, 0.29) is 5.56 Å². The molecule has 1 rings (SSSR count). The van der Waals surface area contributed by atoms with Crippen LogP contribution in [0.5, 0.6) is 0 Å². The minimum atomic E-state index is -2.38. The first kappa shape index (κ1) is 9.13. The highest BCUT2D eigenvalue weighted by Crippen LogP contribution is 2.22. The molecule has 1 nitrogen and oxygen atoms in total. The van der Waals surface area contributed by atoms with Crippen molar-refractivity contribution in [2.45, 2.75) is 13.0 Å². The number of hydrogen-bond acceptors (Lipinski definition) is 1. The second kappa shape index (κ2) is 4.16. The summed E-state index contributed by atoms with van der Waals surface area (Å²) in [6, 6.07) is 6.55. The van der Waals surface area contributed by atoms with Gasteiger partial charge in [0.2, 0.25) is 0 Å². The number of alkyl halides is 2. The first-order chi connectivity index (χ1) is 5.75. The smallest absolute Gasteiger partial charge is 0.264 e. The summed E-state index contributed by atoms with van der Waals surface area (Å²) in [4.78, 5) is 0. The molecule has 12 heavy (non-hydrogen) atoms. The molecular formula is C9H11F2N. The van der Waals surface area contributed by atoms with Gasteiger partial charge in [-0.2, -0.15) is 0 Å². The molecule has 66 valence electrons. The van der Waals surface area contributed by atoms with Gasteiger partial charge in [-0.3, -0.25) is 0 Å². The van der Waals surface area contributed by atoms with Gasteiger partial charge < -0.3 is 5.32 Å². The maximum atomic E-state index is 12.3. The third-order valence-electron chi connectivity index (χ3n) is 1.66. The molecule has 1 aromatic rings. The lowest BCUT2D eigenvalue weighted by atomic mass is 10.1. The predicted molar refractivity (Wildman–Crippen MR) is 44.2 cm³/mol. The Balaban J connectivity index is 2.92. The van der Waals surface area contributed by atoms with Gasteiger partial charge in [0.15, 0.2) is 0 Å². The molecule has 1 aromatic carbocycles. The van der Waals surface area contributed by atoms with Gasteiger partial charge >= 0.3 is 0 Å². The van der Waals surface area contributed by atoms with E-state index in [0.717, 1.165) is 0 Å². The molecule has 0 aliphatic carbocycles. The van der Waals surface area contributed by atoms with Gasteiger partial charge in [-0.05, 0) is 12.6 Å². The highest BCUT2D eigenvalue weighted by atomic mass is 19.3. The van der Waals surface area contributed by atoms with E-state index in [0.29, 0.717) is 12.1 Å². The maximum Gasteiger partial charge on any atom is 0.264 e. The van der Waals surface area contributed by atoms with E-state index in [9.17, 15) is 8.78 Å². The normalized spacial score (nSPS) is 10.7. The van der Waals surface area contributed by atoms with Crippen molar-refractivity contribution in [1.29, 1.82) is 0 Å². The van der Waals surface area contributed by atoms with E-state index in [1.807, 2.05) is 0 Å². The van der Waals surface area contributed by atoms with Crippen LogP contribution < -0.4 is 5.32 Å². The summed E-state index contributed by atoms with van der Waals surface area (Å²) < 4.78 is 24.6. The lowest BCUT2D eigenvalue weighted by Crippen LogP contribution is -2.07. The van der Waals surface area contributed by atoms with Gasteiger partial charge in [0.05, 0.1) is 0 Å². The number of nitrogens with one attached hydrogen (secondary N) is 1. The van der Waals surface area contributed by atoms with E-state index in [4.69, 9.17) is 0 Å². The molecule has 0 unspecified atom stereocenters. The molecule has 3 heteroatoms. The molecule has 0 bridgehead atoms. The Kier molecular flexibility index (Phi) is 3.17. The summed E-state index contributed by atoms with van der Waals surface area (Å²) in [5.41, 5.74) is 0.779. The topological polar surface area (TPSA) is 12.0 Å². The fraction of sp³-hybridized carbons (Fsp3) is 0.333. The van der Waals surface area contributed by atoms with E-state index >= 15 is 0 Å².